The number of amides is 1. The summed E-state index contributed by atoms with van der Waals surface area (Å²) in [7, 11) is 0. The maximum atomic E-state index is 12.6. The van der Waals surface area contributed by atoms with Gasteiger partial charge in [-0.25, -0.2) is 0 Å². The molecule has 5 nitrogen and oxygen atoms in total. The van der Waals surface area contributed by atoms with Gasteiger partial charge in [0.05, 0.1) is 11.8 Å². The summed E-state index contributed by atoms with van der Waals surface area (Å²) in [4.78, 5) is 12.6. The molecule has 0 saturated carbocycles. The van der Waals surface area contributed by atoms with E-state index in [0.717, 1.165) is 18.0 Å². The van der Waals surface area contributed by atoms with Crippen molar-refractivity contribution in [3.05, 3.63) is 42.2 Å². The van der Waals surface area contributed by atoms with Crippen LogP contribution in [0.3, 0.4) is 0 Å². The maximum Gasteiger partial charge on any atom is 0.230 e. The monoisotopic (exact) mass is 360 g/mol. The van der Waals surface area contributed by atoms with Gasteiger partial charge in [-0.2, -0.15) is 0 Å². The van der Waals surface area contributed by atoms with Crippen LogP contribution in [0.1, 0.15) is 58.2 Å². The first-order valence-electron chi connectivity index (χ1n) is 8.93. The van der Waals surface area contributed by atoms with Gasteiger partial charge < -0.3 is 9.88 Å². The highest BCUT2D eigenvalue weighted by atomic mass is 32.2. The molecule has 2 aromatic rings. The molecular formula is C19H28N4OS. The highest BCUT2D eigenvalue weighted by molar-refractivity contribution is 7.99. The molecule has 6 heteroatoms. The van der Waals surface area contributed by atoms with Gasteiger partial charge in [0.1, 0.15) is 6.33 Å². The topological polar surface area (TPSA) is 59.8 Å². The van der Waals surface area contributed by atoms with E-state index in [0.29, 0.717) is 11.7 Å². The van der Waals surface area contributed by atoms with Crippen LogP contribution >= 0.6 is 11.8 Å². The Hall–Kier alpha value is -1.82. The highest BCUT2D eigenvalue weighted by Gasteiger charge is 2.22. The van der Waals surface area contributed by atoms with E-state index < -0.39 is 0 Å². The van der Waals surface area contributed by atoms with Crippen LogP contribution < -0.4 is 5.32 Å². The summed E-state index contributed by atoms with van der Waals surface area (Å²) in [5, 5.41) is 12.1. The van der Waals surface area contributed by atoms with E-state index in [1.807, 2.05) is 22.8 Å². The van der Waals surface area contributed by atoms with Crippen LogP contribution in [0.2, 0.25) is 0 Å². The molecule has 1 amide bonds. The van der Waals surface area contributed by atoms with Crippen molar-refractivity contribution in [2.45, 2.75) is 57.8 Å². The minimum Gasteiger partial charge on any atom is -0.348 e. The molecule has 136 valence electrons. The van der Waals surface area contributed by atoms with Crippen LogP contribution in [0.25, 0.3) is 0 Å². The molecule has 2 rings (SSSR count). The van der Waals surface area contributed by atoms with Crippen molar-refractivity contribution in [1.29, 1.82) is 0 Å². The second-order valence-corrected chi connectivity index (χ2v) is 7.38. The van der Waals surface area contributed by atoms with Gasteiger partial charge in [-0.1, -0.05) is 68.8 Å². The van der Waals surface area contributed by atoms with Crippen molar-refractivity contribution in [3.8, 4) is 0 Å². The van der Waals surface area contributed by atoms with Crippen LogP contribution in [0.5, 0.6) is 0 Å². The second-order valence-electron chi connectivity index (χ2n) is 6.44. The van der Waals surface area contributed by atoms with Crippen LogP contribution in [-0.2, 0) is 4.79 Å². The Bertz CT molecular complexity index is 652. The molecule has 0 spiro atoms. The number of thioether (sulfide) groups is 1. The molecule has 0 aliphatic heterocycles. The number of benzene rings is 1. The summed E-state index contributed by atoms with van der Waals surface area (Å²) in [6, 6.07) is 10.6. The van der Waals surface area contributed by atoms with Gasteiger partial charge in [-0.05, 0) is 25.3 Å². The zero-order chi connectivity index (χ0) is 18.2. The minimum atomic E-state index is 0.0315. The summed E-state index contributed by atoms with van der Waals surface area (Å²) in [6.45, 7) is 8.50. The number of carbonyl (C=O) groups is 1. The number of nitrogens with zero attached hydrogens (tertiary/aromatic N) is 3. The van der Waals surface area contributed by atoms with Gasteiger partial charge >= 0.3 is 0 Å². The maximum absolute atomic E-state index is 12.6. The van der Waals surface area contributed by atoms with E-state index in [4.69, 9.17) is 0 Å². The summed E-state index contributed by atoms with van der Waals surface area (Å²) >= 11 is 1.43. The molecule has 25 heavy (non-hydrogen) atoms. The fourth-order valence-corrected chi connectivity index (χ4v) is 3.78. The van der Waals surface area contributed by atoms with Gasteiger partial charge in [0.15, 0.2) is 5.16 Å². The van der Waals surface area contributed by atoms with Gasteiger partial charge in [-0.15, -0.1) is 10.2 Å². The van der Waals surface area contributed by atoms with E-state index in [2.05, 4.69) is 55.3 Å². The first kappa shape index (κ1) is 19.5. The number of nitrogens with one attached hydrogen (secondary N) is 1. The van der Waals surface area contributed by atoms with Gasteiger partial charge in [-0.3, -0.25) is 4.79 Å². The molecule has 1 aromatic carbocycles. The average Bonchev–Trinajstić information content (AvgIpc) is 3.10. The smallest absolute Gasteiger partial charge is 0.230 e. The van der Waals surface area contributed by atoms with Crippen LogP contribution in [-0.4, -0.2) is 26.4 Å². The largest absolute Gasteiger partial charge is 0.348 e. The number of hydrogen-bond acceptors (Lipinski definition) is 4. The number of aromatic nitrogens is 3. The van der Waals surface area contributed by atoms with E-state index in [9.17, 15) is 4.79 Å². The van der Waals surface area contributed by atoms with Gasteiger partial charge in [0.25, 0.3) is 0 Å². The molecule has 1 aromatic heterocycles. The Labute approximate surface area is 154 Å². The summed E-state index contributed by atoms with van der Waals surface area (Å²) in [5.74, 6) is 0.800. The van der Waals surface area contributed by atoms with Crippen molar-refractivity contribution < 1.29 is 4.79 Å². The molecule has 0 radical (unpaired) electrons. The molecule has 0 fully saturated rings. The van der Waals surface area contributed by atoms with Gasteiger partial charge in [0.2, 0.25) is 5.91 Å². The molecule has 1 heterocycles. The summed E-state index contributed by atoms with van der Waals surface area (Å²) < 4.78 is 1.98. The number of carbonyl (C=O) groups excluding carboxylic acids is 1. The van der Waals surface area contributed by atoms with Crippen molar-refractivity contribution in [3.63, 3.8) is 0 Å². The predicted octanol–water partition coefficient (Wildman–Crippen LogP) is 4.24. The first-order valence-corrected chi connectivity index (χ1v) is 9.91. The third-order valence-corrected chi connectivity index (χ3v) is 5.38. The summed E-state index contributed by atoms with van der Waals surface area (Å²) in [5.41, 5.74) is 1.17. The second kappa shape index (κ2) is 9.61. The van der Waals surface area contributed by atoms with Crippen molar-refractivity contribution in [2.24, 2.45) is 5.92 Å². The Morgan fingerprint density at radius 1 is 1.20 bits per heavy atom. The summed E-state index contributed by atoms with van der Waals surface area (Å²) in [6.07, 6.45) is 3.78. The van der Waals surface area contributed by atoms with Crippen molar-refractivity contribution in [2.75, 3.05) is 5.75 Å². The number of hydrogen-bond donors (Lipinski definition) is 1. The zero-order valence-electron chi connectivity index (χ0n) is 15.5. The minimum absolute atomic E-state index is 0.0315. The molecule has 1 N–H and O–H groups in total. The van der Waals surface area contributed by atoms with Crippen LogP contribution in [0, 0.1) is 5.92 Å². The highest BCUT2D eigenvalue weighted by Crippen LogP contribution is 2.27. The van der Waals surface area contributed by atoms with Gasteiger partial charge in [0, 0.05) is 6.04 Å². The third-order valence-electron chi connectivity index (χ3n) is 4.42. The van der Waals surface area contributed by atoms with E-state index >= 15 is 0 Å². The first-order chi connectivity index (χ1) is 12.1. The van der Waals surface area contributed by atoms with Crippen molar-refractivity contribution in [1.82, 2.24) is 20.1 Å². The zero-order valence-corrected chi connectivity index (χ0v) is 16.3. The molecule has 1 atom stereocenters. The Balaban J connectivity index is 2.03. The van der Waals surface area contributed by atoms with E-state index in [1.54, 1.807) is 6.33 Å². The van der Waals surface area contributed by atoms with Crippen LogP contribution in [0.4, 0.5) is 0 Å². The quantitative estimate of drug-likeness (QED) is 0.679. The molecule has 0 bridgehead atoms. The lowest BCUT2D eigenvalue weighted by Crippen LogP contribution is -2.34. The standard InChI is InChI=1S/C19H28N4OS/c1-5-15(6-2)18(16-10-8-7-9-11-16)21-17(24)12-25-19-22-20-13-23(19)14(3)4/h7-11,13-15,18H,5-6,12H2,1-4H3,(H,21,24). The Morgan fingerprint density at radius 3 is 2.48 bits per heavy atom. The third kappa shape index (κ3) is 5.33. The van der Waals surface area contributed by atoms with E-state index in [-0.39, 0.29) is 18.0 Å². The molecule has 0 saturated heterocycles. The molecule has 0 aliphatic carbocycles. The Kier molecular flexibility index (Phi) is 7.50. The lowest BCUT2D eigenvalue weighted by atomic mass is 9.89. The normalized spacial score (nSPS) is 12.6. The van der Waals surface area contributed by atoms with E-state index in [1.165, 1.54) is 17.3 Å². The number of rotatable bonds is 9. The van der Waals surface area contributed by atoms with Crippen molar-refractivity contribution >= 4 is 17.7 Å². The fraction of sp³-hybridized carbons (Fsp3) is 0.526. The lowest BCUT2D eigenvalue weighted by molar-refractivity contribution is -0.119. The SMILES string of the molecule is CCC(CC)C(NC(=O)CSc1nncn1C(C)C)c1ccccc1. The fourth-order valence-electron chi connectivity index (χ4n) is 2.93. The lowest BCUT2D eigenvalue weighted by Gasteiger charge is -2.27. The van der Waals surface area contributed by atoms with Crippen LogP contribution in [0.15, 0.2) is 41.8 Å². The molecular weight excluding hydrogens is 332 g/mol. The molecule has 1 unspecified atom stereocenters. The Morgan fingerprint density at radius 2 is 1.88 bits per heavy atom. The molecule has 0 aliphatic rings. The predicted molar refractivity (Wildman–Crippen MR) is 103 cm³/mol. The average molecular weight is 361 g/mol.